The SMILES string of the molecule is [C-]#[N+]c1c(N)nc(SCc2csc(Nc3cccc(OC)c3)n2)c(C#N)c1-c1ccc(OC[C@@H]2COC(C)(C)O2)cc1. The second-order valence-electron chi connectivity index (χ2n) is 9.70. The zero-order valence-electron chi connectivity index (χ0n) is 23.2. The van der Waals surface area contributed by atoms with E-state index < -0.39 is 5.79 Å². The third-order valence-electron chi connectivity index (χ3n) is 6.26. The van der Waals surface area contributed by atoms with E-state index in [2.05, 4.69) is 26.2 Å². The van der Waals surface area contributed by atoms with E-state index in [0.29, 0.717) is 40.9 Å². The van der Waals surface area contributed by atoms with Crippen LogP contribution in [-0.2, 0) is 15.2 Å². The Balaban J connectivity index is 1.31. The van der Waals surface area contributed by atoms with Gasteiger partial charge in [-0.05, 0) is 43.7 Å². The number of nitrogen functional groups attached to an aromatic ring is 1. The summed E-state index contributed by atoms with van der Waals surface area (Å²) in [5.74, 6) is 1.30. The maximum absolute atomic E-state index is 10.2. The molecule has 0 spiro atoms. The number of nitrogens with zero attached hydrogens (tertiary/aromatic N) is 4. The molecule has 0 bridgehead atoms. The summed E-state index contributed by atoms with van der Waals surface area (Å²) < 4.78 is 22.5. The maximum Gasteiger partial charge on any atom is 0.236 e. The van der Waals surface area contributed by atoms with Crippen molar-refractivity contribution in [1.82, 2.24) is 9.97 Å². The number of aromatic nitrogens is 2. The Morgan fingerprint density at radius 3 is 2.74 bits per heavy atom. The molecule has 3 N–H and O–H groups in total. The standard InChI is InChI=1S/C30H28N6O4S2/c1-30(2)39-15-23(40-30)14-38-21-10-8-18(9-11-21)25-24(13-31)28(36-27(32)26(25)33-3)41-16-20-17-42-29(35-20)34-19-6-5-7-22(12-19)37-4/h5-12,17,23H,14-16H2,1-2,4H3,(H2,32,36)(H,34,35)/t23-/m1/s1. The van der Waals surface area contributed by atoms with E-state index in [0.717, 1.165) is 22.3 Å². The molecule has 0 radical (unpaired) electrons. The molecule has 4 aromatic rings. The van der Waals surface area contributed by atoms with Crippen LogP contribution in [0.15, 0.2) is 58.9 Å². The van der Waals surface area contributed by atoms with Crippen LogP contribution in [0.25, 0.3) is 16.0 Å². The number of nitrogens with two attached hydrogens (primary N) is 1. The number of ether oxygens (including phenoxy) is 4. The first-order chi connectivity index (χ1) is 20.3. The van der Waals surface area contributed by atoms with Crippen molar-refractivity contribution in [3.63, 3.8) is 0 Å². The number of hydrogen-bond donors (Lipinski definition) is 2. The molecule has 1 aliphatic rings. The van der Waals surface area contributed by atoms with E-state index in [-0.39, 0.29) is 23.2 Å². The zero-order valence-corrected chi connectivity index (χ0v) is 24.8. The minimum absolute atomic E-state index is 0.0708. The number of methoxy groups -OCH3 is 1. The normalized spacial score (nSPS) is 15.5. The van der Waals surface area contributed by atoms with Gasteiger partial charge in [-0.3, -0.25) is 0 Å². The molecule has 2 aromatic heterocycles. The van der Waals surface area contributed by atoms with Crippen LogP contribution in [0.3, 0.4) is 0 Å². The van der Waals surface area contributed by atoms with Crippen LogP contribution in [0, 0.1) is 17.9 Å². The molecule has 0 unspecified atom stereocenters. The summed E-state index contributed by atoms with van der Waals surface area (Å²) in [6.07, 6.45) is -0.162. The van der Waals surface area contributed by atoms with Gasteiger partial charge in [-0.15, -0.1) is 11.3 Å². The van der Waals surface area contributed by atoms with Crippen molar-refractivity contribution >= 4 is 45.4 Å². The Bertz CT molecular complexity index is 1660. The number of thioether (sulfide) groups is 1. The average molecular weight is 601 g/mol. The fraction of sp³-hybridized carbons (Fsp3) is 0.267. The van der Waals surface area contributed by atoms with Crippen LogP contribution in [0.5, 0.6) is 11.5 Å². The molecule has 1 saturated heterocycles. The van der Waals surface area contributed by atoms with E-state index >= 15 is 0 Å². The van der Waals surface area contributed by atoms with Gasteiger partial charge in [0, 0.05) is 28.5 Å². The van der Waals surface area contributed by atoms with Gasteiger partial charge in [0.25, 0.3) is 0 Å². The molecular weight excluding hydrogens is 573 g/mol. The second-order valence-corrected chi connectivity index (χ2v) is 11.5. The molecule has 0 amide bonds. The van der Waals surface area contributed by atoms with Crippen LogP contribution < -0.4 is 20.5 Å². The van der Waals surface area contributed by atoms with Crippen molar-refractivity contribution < 1.29 is 18.9 Å². The number of benzene rings is 2. The van der Waals surface area contributed by atoms with Crippen molar-refractivity contribution in [1.29, 1.82) is 5.26 Å². The van der Waals surface area contributed by atoms with Crippen LogP contribution in [0.1, 0.15) is 25.1 Å². The molecule has 3 heterocycles. The van der Waals surface area contributed by atoms with Crippen molar-refractivity contribution in [3.05, 3.63) is 76.6 Å². The summed E-state index contributed by atoms with van der Waals surface area (Å²) in [7, 11) is 1.62. The van der Waals surface area contributed by atoms with E-state index in [1.54, 1.807) is 31.4 Å². The quantitative estimate of drug-likeness (QED) is 0.148. The van der Waals surface area contributed by atoms with E-state index in [1.807, 2.05) is 43.5 Å². The number of thiazole rings is 1. The summed E-state index contributed by atoms with van der Waals surface area (Å²) in [6, 6.07) is 17.0. The lowest BCUT2D eigenvalue weighted by atomic mass is 10.00. The fourth-order valence-electron chi connectivity index (χ4n) is 4.32. The number of nitriles is 1. The molecule has 10 nitrogen and oxygen atoms in total. The van der Waals surface area contributed by atoms with Crippen molar-refractivity contribution in [2.75, 3.05) is 31.4 Å². The van der Waals surface area contributed by atoms with Gasteiger partial charge in [-0.25, -0.2) is 14.8 Å². The molecule has 12 heteroatoms. The van der Waals surface area contributed by atoms with Gasteiger partial charge in [0.2, 0.25) is 5.69 Å². The van der Waals surface area contributed by atoms with Crippen molar-refractivity contribution in [2.45, 2.75) is 36.5 Å². The monoisotopic (exact) mass is 600 g/mol. The molecule has 1 aliphatic heterocycles. The lowest BCUT2D eigenvalue weighted by Gasteiger charge is -2.17. The Morgan fingerprint density at radius 2 is 2.05 bits per heavy atom. The number of pyridine rings is 1. The first-order valence-electron chi connectivity index (χ1n) is 12.9. The van der Waals surface area contributed by atoms with Crippen LogP contribution in [0.4, 0.5) is 22.3 Å². The summed E-state index contributed by atoms with van der Waals surface area (Å²) in [5.41, 5.74) is 9.44. The first kappa shape index (κ1) is 29.2. The van der Waals surface area contributed by atoms with Gasteiger partial charge in [0.05, 0.1) is 31.5 Å². The van der Waals surface area contributed by atoms with Crippen LogP contribution in [-0.4, -0.2) is 42.2 Å². The highest BCUT2D eigenvalue weighted by Crippen LogP contribution is 2.42. The third kappa shape index (κ3) is 6.75. The fourth-order valence-corrected chi connectivity index (χ4v) is 6.05. The molecule has 5 rings (SSSR count). The second kappa shape index (κ2) is 12.7. The highest BCUT2D eigenvalue weighted by atomic mass is 32.2. The lowest BCUT2D eigenvalue weighted by molar-refractivity contribution is -0.141. The van der Waals surface area contributed by atoms with Gasteiger partial charge in [-0.1, -0.05) is 30.0 Å². The van der Waals surface area contributed by atoms with E-state index in [4.69, 9.17) is 31.3 Å². The number of anilines is 3. The highest BCUT2D eigenvalue weighted by molar-refractivity contribution is 7.98. The Morgan fingerprint density at radius 1 is 1.24 bits per heavy atom. The minimum atomic E-state index is -0.617. The zero-order chi connectivity index (χ0) is 29.7. The maximum atomic E-state index is 10.2. The lowest BCUT2D eigenvalue weighted by Crippen LogP contribution is -2.25. The summed E-state index contributed by atoms with van der Waals surface area (Å²) in [6.45, 7) is 12.3. The molecule has 214 valence electrons. The molecule has 0 saturated carbocycles. The van der Waals surface area contributed by atoms with Crippen molar-refractivity contribution in [2.24, 2.45) is 0 Å². The molecule has 1 atom stereocenters. The first-order valence-corrected chi connectivity index (χ1v) is 14.8. The summed E-state index contributed by atoms with van der Waals surface area (Å²) >= 11 is 2.82. The van der Waals surface area contributed by atoms with Gasteiger partial charge in [-0.2, -0.15) is 5.26 Å². The van der Waals surface area contributed by atoms with E-state index in [1.165, 1.54) is 23.1 Å². The van der Waals surface area contributed by atoms with E-state index in [9.17, 15) is 5.26 Å². The molecular formula is C30H28N6O4S2. The number of rotatable bonds is 10. The van der Waals surface area contributed by atoms with Crippen molar-refractivity contribution in [3.8, 4) is 28.7 Å². The average Bonchev–Trinajstić information content (AvgIpc) is 3.59. The van der Waals surface area contributed by atoms with Gasteiger partial charge < -0.3 is 30.0 Å². The Labute approximate surface area is 252 Å². The largest absolute Gasteiger partial charge is 0.497 e. The van der Waals surface area contributed by atoms with Gasteiger partial charge >= 0.3 is 0 Å². The van der Waals surface area contributed by atoms with Crippen LogP contribution in [0.2, 0.25) is 0 Å². The topological polar surface area (TPSA) is 129 Å². The minimum Gasteiger partial charge on any atom is -0.497 e. The third-order valence-corrected chi connectivity index (χ3v) is 8.08. The summed E-state index contributed by atoms with van der Waals surface area (Å²) in [4.78, 5) is 12.7. The molecule has 2 aromatic carbocycles. The molecule has 42 heavy (non-hydrogen) atoms. The number of hydrogen-bond acceptors (Lipinski definition) is 11. The highest BCUT2D eigenvalue weighted by Gasteiger charge is 2.33. The van der Waals surface area contributed by atoms with Gasteiger partial charge in [0.1, 0.15) is 41.1 Å². The number of nitrogens with one attached hydrogen (secondary N) is 1. The summed E-state index contributed by atoms with van der Waals surface area (Å²) in [5, 5.41) is 16.5. The molecule has 0 aliphatic carbocycles. The molecule has 1 fully saturated rings. The predicted octanol–water partition coefficient (Wildman–Crippen LogP) is 6.78. The Hall–Kier alpha value is -4.33. The van der Waals surface area contributed by atoms with Gasteiger partial charge in [0.15, 0.2) is 10.9 Å². The van der Waals surface area contributed by atoms with Crippen LogP contribution >= 0.6 is 23.1 Å². The predicted molar refractivity (Wildman–Crippen MR) is 163 cm³/mol. The Kier molecular flexibility index (Phi) is 8.80. The smallest absolute Gasteiger partial charge is 0.236 e.